The van der Waals surface area contributed by atoms with E-state index in [2.05, 4.69) is 6.92 Å². The van der Waals surface area contributed by atoms with Crippen LogP contribution in [0.4, 0.5) is 0 Å². The SMILES string of the molecule is CC1CCCC(CC(=O)N2CCN(C(=O)C(C)O)CC2)C1. The first kappa shape index (κ1) is 16.3. The number of carbonyl (C=O) groups excluding carboxylic acids is 2. The fourth-order valence-corrected chi connectivity index (χ4v) is 3.56. The molecule has 2 aliphatic rings. The molecule has 1 saturated heterocycles. The van der Waals surface area contributed by atoms with Crippen LogP contribution in [0.25, 0.3) is 0 Å². The first-order valence-corrected chi connectivity index (χ1v) is 8.22. The van der Waals surface area contributed by atoms with Crippen molar-refractivity contribution in [2.75, 3.05) is 26.2 Å². The van der Waals surface area contributed by atoms with Gasteiger partial charge in [0.15, 0.2) is 0 Å². The van der Waals surface area contributed by atoms with Crippen LogP contribution in [0.3, 0.4) is 0 Å². The second-order valence-corrected chi connectivity index (χ2v) is 6.72. The fourth-order valence-electron chi connectivity index (χ4n) is 3.56. The molecule has 1 heterocycles. The molecule has 3 unspecified atom stereocenters. The van der Waals surface area contributed by atoms with E-state index in [-0.39, 0.29) is 11.8 Å². The fraction of sp³-hybridized carbons (Fsp3) is 0.875. The Bertz CT molecular complexity index is 376. The highest BCUT2D eigenvalue weighted by Gasteiger charge is 2.28. The zero-order valence-electron chi connectivity index (χ0n) is 13.3. The van der Waals surface area contributed by atoms with Gasteiger partial charge in [0.25, 0.3) is 5.91 Å². The number of nitrogens with zero attached hydrogens (tertiary/aromatic N) is 2. The van der Waals surface area contributed by atoms with Crippen molar-refractivity contribution in [1.82, 2.24) is 9.80 Å². The molecule has 0 spiro atoms. The standard InChI is InChI=1S/C16H28N2O3/c1-12-4-3-5-14(10-12)11-15(20)17-6-8-18(9-7-17)16(21)13(2)19/h12-14,19H,3-11H2,1-2H3. The molecule has 0 radical (unpaired) electrons. The second-order valence-electron chi connectivity index (χ2n) is 6.72. The maximum atomic E-state index is 12.4. The highest BCUT2D eigenvalue weighted by molar-refractivity contribution is 5.81. The van der Waals surface area contributed by atoms with Crippen LogP contribution in [0.15, 0.2) is 0 Å². The quantitative estimate of drug-likeness (QED) is 0.853. The lowest BCUT2D eigenvalue weighted by Crippen LogP contribution is -2.52. The molecule has 120 valence electrons. The maximum Gasteiger partial charge on any atom is 0.251 e. The van der Waals surface area contributed by atoms with E-state index < -0.39 is 6.10 Å². The molecule has 1 N–H and O–H groups in total. The van der Waals surface area contributed by atoms with Gasteiger partial charge in [0.1, 0.15) is 6.10 Å². The van der Waals surface area contributed by atoms with E-state index in [1.807, 2.05) is 4.90 Å². The number of carbonyl (C=O) groups is 2. The summed E-state index contributed by atoms with van der Waals surface area (Å²) < 4.78 is 0. The Kier molecular flexibility index (Phi) is 5.62. The van der Waals surface area contributed by atoms with Crippen molar-refractivity contribution in [3.63, 3.8) is 0 Å². The second kappa shape index (κ2) is 7.25. The molecule has 1 aliphatic carbocycles. The smallest absolute Gasteiger partial charge is 0.251 e. The molecule has 1 aliphatic heterocycles. The van der Waals surface area contributed by atoms with Crippen LogP contribution in [-0.2, 0) is 9.59 Å². The summed E-state index contributed by atoms with van der Waals surface area (Å²) in [5, 5.41) is 9.32. The summed E-state index contributed by atoms with van der Waals surface area (Å²) in [5.74, 6) is 1.29. The van der Waals surface area contributed by atoms with Crippen molar-refractivity contribution in [3.05, 3.63) is 0 Å². The van der Waals surface area contributed by atoms with Crippen LogP contribution in [0.5, 0.6) is 0 Å². The van der Waals surface area contributed by atoms with E-state index in [9.17, 15) is 14.7 Å². The van der Waals surface area contributed by atoms with Crippen LogP contribution in [0.2, 0.25) is 0 Å². The summed E-state index contributed by atoms with van der Waals surface area (Å²) in [4.78, 5) is 27.6. The van der Waals surface area contributed by atoms with Gasteiger partial charge in [-0.1, -0.05) is 19.8 Å². The molecule has 0 bridgehead atoms. The van der Waals surface area contributed by atoms with Crippen molar-refractivity contribution in [2.45, 2.75) is 52.1 Å². The van der Waals surface area contributed by atoms with Crippen molar-refractivity contribution in [3.8, 4) is 0 Å². The molecular weight excluding hydrogens is 268 g/mol. The zero-order chi connectivity index (χ0) is 15.4. The van der Waals surface area contributed by atoms with Crippen LogP contribution in [-0.4, -0.2) is 59.0 Å². The average Bonchev–Trinajstić information content (AvgIpc) is 2.46. The Labute approximate surface area is 127 Å². The lowest BCUT2D eigenvalue weighted by molar-refractivity contribution is -0.145. The molecule has 1 saturated carbocycles. The number of aliphatic hydroxyl groups excluding tert-OH is 1. The first-order chi connectivity index (χ1) is 9.97. The van der Waals surface area contributed by atoms with Gasteiger partial charge in [-0.15, -0.1) is 0 Å². The number of piperazine rings is 1. The van der Waals surface area contributed by atoms with E-state index >= 15 is 0 Å². The first-order valence-electron chi connectivity index (χ1n) is 8.22. The minimum Gasteiger partial charge on any atom is -0.384 e. The predicted molar refractivity (Wildman–Crippen MR) is 80.6 cm³/mol. The van der Waals surface area contributed by atoms with E-state index in [0.29, 0.717) is 38.5 Å². The summed E-state index contributed by atoms with van der Waals surface area (Å²) in [6.07, 6.45) is 4.61. The third-order valence-electron chi connectivity index (χ3n) is 4.81. The third kappa shape index (κ3) is 4.43. The zero-order valence-corrected chi connectivity index (χ0v) is 13.3. The molecule has 2 rings (SSSR count). The molecule has 0 aromatic carbocycles. The molecule has 3 atom stereocenters. The summed E-state index contributed by atoms with van der Waals surface area (Å²) >= 11 is 0. The Morgan fingerprint density at radius 3 is 2.33 bits per heavy atom. The van der Waals surface area contributed by atoms with Gasteiger partial charge in [0.2, 0.25) is 5.91 Å². The molecule has 0 aromatic heterocycles. The summed E-state index contributed by atoms with van der Waals surface area (Å²) in [6, 6.07) is 0. The van der Waals surface area contributed by atoms with Crippen molar-refractivity contribution in [2.24, 2.45) is 11.8 Å². The van der Waals surface area contributed by atoms with Crippen molar-refractivity contribution < 1.29 is 14.7 Å². The van der Waals surface area contributed by atoms with Gasteiger partial charge in [-0.3, -0.25) is 9.59 Å². The van der Waals surface area contributed by atoms with Crippen LogP contribution >= 0.6 is 0 Å². The molecule has 2 fully saturated rings. The average molecular weight is 296 g/mol. The summed E-state index contributed by atoms with van der Waals surface area (Å²) in [5.41, 5.74) is 0. The topological polar surface area (TPSA) is 60.9 Å². The minimum atomic E-state index is -0.948. The number of aliphatic hydroxyl groups is 1. The summed E-state index contributed by atoms with van der Waals surface area (Å²) in [7, 11) is 0. The Hall–Kier alpha value is -1.10. The van der Waals surface area contributed by atoms with Crippen LogP contribution < -0.4 is 0 Å². The van der Waals surface area contributed by atoms with Gasteiger partial charge < -0.3 is 14.9 Å². The van der Waals surface area contributed by atoms with Crippen molar-refractivity contribution in [1.29, 1.82) is 0 Å². The van der Waals surface area contributed by atoms with Gasteiger partial charge >= 0.3 is 0 Å². The monoisotopic (exact) mass is 296 g/mol. The molecule has 0 aromatic rings. The van der Waals surface area contributed by atoms with E-state index in [1.54, 1.807) is 4.90 Å². The van der Waals surface area contributed by atoms with Gasteiger partial charge in [-0.2, -0.15) is 0 Å². The summed E-state index contributed by atoms with van der Waals surface area (Å²) in [6.45, 7) is 6.04. The number of rotatable bonds is 3. The van der Waals surface area contributed by atoms with Crippen LogP contribution in [0, 0.1) is 11.8 Å². The molecule has 2 amide bonds. The maximum absolute atomic E-state index is 12.4. The lowest BCUT2D eigenvalue weighted by Gasteiger charge is -2.36. The molecule has 5 heteroatoms. The highest BCUT2D eigenvalue weighted by Crippen LogP contribution is 2.31. The van der Waals surface area contributed by atoms with Gasteiger partial charge in [-0.05, 0) is 31.6 Å². The van der Waals surface area contributed by atoms with Crippen molar-refractivity contribution >= 4 is 11.8 Å². The highest BCUT2D eigenvalue weighted by atomic mass is 16.3. The normalized spacial score (nSPS) is 28.3. The molecule has 21 heavy (non-hydrogen) atoms. The predicted octanol–water partition coefficient (Wildman–Crippen LogP) is 1.25. The number of hydrogen-bond acceptors (Lipinski definition) is 3. The Morgan fingerprint density at radius 2 is 1.76 bits per heavy atom. The number of hydrogen-bond donors (Lipinski definition) is 1. The van der Waals surface area contributed by atoms with E-state index in [4.69, 9.17) is 0 Å². The van der Waals surface area contributed by atoms with Gasteiger partial charge in [-0.25, -0.2) is 0 Å². The minimum absolute atomic E-state index is 0.233. The van der Waals surface area contributed by atoms with Crippen LogP contribution in [0.1, 0.15) is 46.0 Å². The van der Waals surface area contributed by atoms with E-state index in [0.717, 1.165) is 5.92 Å². The lowest BCUT2D eigenvalue weighted by atomic mass is 9.80. The molecular formula is C16H28N2O3. The third-order valence-corrected chi connectivity index (χ3v) is 4.81. The Morgan fingerprint density at radius 1 is 1.14 bits per heavy atom. The number of amides is 2. The largest absolute Gasteiger partial charge is 0.384 e. The molecule has 5 nitrogen and oxygen atoms in total. The Balaban J connectivity index is 1.76. The van der Waals surface area contributed by atoms with Gasteiger partial charge in [0.05, 0.1) is 0 Å². The van der Waals surface area contributed by atoms with E-state index in [1.165, 1.54) is 32.6 Å². The van der Waals surface area contributed by atoms with Gasteiger partial charge in [0, 0.05) is 32.6 Å².